The number of aryl methyl sites for hydroxylation is 1. The maximum atomic E-state index is 12.7. The molecule has 5 nitrogen and oxygen atoms in total. The van der Waals surface area contributed by atoms with Crippen molar-refractivity contribution >= 4 is 22.8 Å². The van der Waals surface area contributed by atoms with Gasteiger partial charge in [-0.3, -0.25) is 4.79 Å². The highest BCUT2D eigenvalue weighted by Gasteiger charge is 2.29. The predicted molar refractivity (Wildman–Crippen MR) is 110 cm³/mol. The lowest BCUT2D eigenvalue weighted by atomic mass is 10.1. The van der Waals surface area contributed by atoms with Gasteiger partial charge in [-0.1, -0.05) is 36.0 Å². The second kappa shape index (κ2) is 7.64. The molecular weight excluding hydrogens is 413 g/mol. The third kappa shape index (κ3) is 3.85. The molecule has 1 N–H and O–H groups in total. The van der Waals surface area contributed by atoms with E-state index in [0.29, 0.717) is 27.5 Å². The minimum absolute atomic E-state index is 0.313. The molecule has 0 atom stereocenters. The van der Waals surface area contributed by atoms with Gasteiger partial charge in [-0.25, -0.2) is 9.67 Å². The van der Waals surface area contributed by atoms with Crippen LogP contribution in [0.3, 0.4) is 0 Å². The fourth-order valence-electron chi connectivity index (χ4n) is 3.05. The van der Waals surface area contributed by atoms with Crippen molar-refractivity contribution in [2.75, 3.05) is 0 Å². The van der Waals surface area contributed by atoms with Crippen LogP contribution in [0, 0.1) is 13.8 Å². The number of nitrogens with zero attached hydrogens (tertiary/aromatic N) is 3. The van der Waals surface area contributed by atoms with Crippen LogP contribution in [0.25, 0.3) is 16.7 Å². The highest BCUT2D eigenvalue weighted by atomic mass is 32.2. The summed E-state index contributed by atoms with van der Waals surface area (Å²) >= 11 is 1.24. The third-order valence-corrected chi connectivity index (χ3v) is 5.82. The van der Waals surface area contributed by atoms with Crippen molar-refractivity contribution in [3.05, 3.63) is 81.3 Å². The third-order valence-electron chi connectivity index (χ3n) is 4.88. The molecule has 154 valence electrons. The first-order valence-electron chi connectivity index (χ1n) is 9.07. The zero-order valence-electron chi connectivity index (χ0n) is 16.1. The molecule has 0 fully saturated rings. The average Bonchev–Trinajstić information content (AvgIpc) is 3.12. The summed E-state index contributed by atoms with van der Waals surface area (Å²) in [5.41, 5.74) is 3.08. The molecule has 0 bridgehead atoms. The maximum absolute atomic E-state index is 12.7. The van der Waals surface area contributed by atoms with Gasteiger partial charge in [0.2, 0.25) is 0 Å². The van der Waals surface area contributed by atoms with Crippen LogP contribution in [-0.2, 0) is 11.9 Å². The number of fused-ring (bicyclic) bond motifs is 1. The van der Waals surface area contributed by atoms with E-state index in [-0.39, 0.29) is 5.56 Å². The van der Waals surface area contributed by atoms with Crippen LogP contribution in [0.2, 0.25) is 0 Å². The molecule has 2 aromatic carbocycles. The van der Waals surface area contributed by atoms with E-state index < -0.39 is 11.7 Å². The first-order chi connectivity index (χ1) is 14.2. The van der Waals surface area contributed by atoms with Gasteiger partial charge in [-0.15, -0.1) is 0 Å². The SMILES string of the molecule is Cc1cccc(-n2ncc3c(=O)[nH]c(SCc4ccc(C(F)(F)F)cc4)nc32)c1C. The van der Waals surface area contributed by atoms with Crippen molar-refractivity contribution in [1.29, 1.82) is 0 Å². The van der Waals surface area contributed by atoms with Crippen LogP contribution < -0.4 is 5.56 Å². The van der Waals surface area contributed by atoms with Gasteiger partial charge in [0, 0.05) is 5.75 Å². The second-order valence-corrected chi connectivity index (χ2v) is 7.83. The topological polar surface area (TPSA) is 63.6 Å². The first kappa shape index (κ1) is 20.2. The number of thioether (sulfide) groups is 1. The smallest absolute Gasteiger partial charge is 0.301 e. The monoisotopic (exact) mass is 430 g/mol. The molecule has 0 saturated heterocycles. The maximum Gasteiger partial charge on any atom is 0.416 e. The van der Waals surface area contributed by atoms with Crippen LogP contribution in [0.4, 0.5) is 13.2 Å². The van der Waals surface area contributed by atoms with Crippen LogP contribution in [-0.4, -0.2) is 19.7 Å². The van der Waals surface area contributed by atoms with E-state index in [9.17, 15) is 18.0 Å². The summed E-state index contributed by atoms with van der Waals surface area (Å²) in [7, 11) is 0. The van der Waals surface area contributed by atoms with Gasteiger partial charge in [0.05, 0.1) is 17.4 Å². The molecule has 0 spiro atoms. The van der Waals surface area contributed by atoms with Crippen LogP contribution in [0.15, 0.2) is 58.6 Å². The van der Waals surface area contributed by atoms with Crippen LogP contribution >= 0.6 is 11.8 Å². The van der Waals surface area contributed by atoms with Crippen molar-refractivity contribution < 1.29 is 13.2 Å². The van der Waals surface area contributed by atoms with Gasteiger partial charge in [0.25, 0.3) is 5.56 Å². The first-order valence-corrected chi connectivity index (χ1v) is 10.1. The zero-order chi connectivity index (χ0) is 21.5. The number of hydrogen-bond acceptors (Lipinski definition) is 4. The van der Waals surface area contributed by atoms with Gasteiger partial charge in [-0.05, 0) is 48.7 Å². The minimum Gasteiger partial charge on any atom is -0.301 e. The zero-order valence-corrected chi connectivity index (χ0v) is 16.9. The summed E-state index contributed by atoms with van der Waals surface area (Å²) in [4.78, 5) is 19.7. The Labute approximate surface area is 174 Å². The van der Waals surface area contributed by atoms with Gasteiger partial charge >= 0.3 is 6.18 Å². The van der Waals surface area contributed by atoms with E-state index in [2.05, 4.69) is 15.1 Å². The van der Waals surface area contributed by atoms with E-state index >= 15 is 0 Å². The minimum atomic E-state index is -4.37. The standard InChI is InChI=1S/C21H17F3N4OS/c1-12-4-3-5-17(13(12)2)28-18-16(10-25-28)19(29)27-20(26-18)30-11-14-6-8-15(9-7-14)21(22,23)24/h3-10H,11H2,1-2H3,(H,26,27,29). The molecule has 9 heteroatoms. The Morgan fingerprint density at radius 1 is 1.10 bits per heavy atom. The van der Waals surface area contributed by atoms with Gasteiger partial charge in [0.15, 0.2) is 10.8 Å². The van der Waals surface area contributed by atoms with E-state index in [1.54, 1.807) is 4.68 Å². The quantitative estimate of drug-likeness (QED) is 0.364. The summed E-state index contributed by atoms with van der Waals surface area (Å²) < 4.78 is 39.7. The van der Waals surface area contributed by atoms with Gasteiger partial charge in [-0.2, -0.15) is 18.3 Å². The van der Waals surface area contributed by atoms with Gasteiger partial charge < -0.3 is 4.98 Å². The Morgan fingerprint density at radius 3 is 2.53 bits per heavy atom. The number of halogens is 3. The molecule has 0 saturated carbocycles. The number of hydrogen-bond donors (Lipinski definition) is 1. The van der Waals surface area contributed by atoms with E-state index in [1.807, 2.05) is 32.0 Å². The Bertz CT molecular complexity index is 1280. The fraction of sp³-hybridized carbons (Fsp3) is 0.190. The molecule has 0 radical (unpaired) electrons. The Kier molecular flexibility index (Phi) is 5.15. The Hall–Kier alpha value is -3.07. The number of alkyl halides is 3. The number of aromatic nitrogens is 4. The number of aromatic amines is 1. The molecule has 0 unspecified atom stereocenters. The molecule has 0 aliphatic rings. The van der Waals surface area contributed by atoms with Crippen molar-refractivity contribution in [2.45, 2.75) is 30.9 Å². The molecule has 30 heavy (non-hydrogen) atoms. The lowest BCUT2D eigenvalue weighted by Crippen LogP contribution is -2.10. The van der Waals surface area contributed by atoms with E-state index in [1.165, 1.54) is 30.1 Å². The lowest BCUT2D eigenvalue weighted by Gasteiger charge is -2.10. The highest BCUT2D eigenvalue weighted by molar-refractivity contribution is 7.98. The summed E-state index contributed by atoms with van der Waals surface area (Å²) in [6.45, 7) is 3.97. The lowest BCUT2D eigenvalue weighted by molar-refractivity contribution is -0.137. The highest BCUT2D eigenvalue weighted by Crippen LogP contribution is 2.30. The summed E-state index contributed by atoms with van der Waals surface area (Å²) in [5.74, 6) is 0.365. The average molecular weight is 430 g/mol. The predicted octanol–water partition coefficient (Wildman–Crippen LogP) is 5.04. The summed E-state index contributed by atoms with van der Waals surface area (Å²) in [5, 5.41) is 5.08. The fourth-order valence-corrected chi connectivity index (χ4v) is 3.86. The molecule has 2 aromatic heterocycles. The second-order valence-electron chi connectivity index (χ2n) is 6.87. The number of H-pyrrole nitrogens is 1. The number of nitrogens with one attached hydrogen (secondary N) is 1. The molecule has 2 heterocycles. The Morgan fingerprint density at radius 2 is 1.83 bits per heavy atom. The van der Waals surface area contributed by atoms with Crippen LogP contribution in [0.1, 0.15) is 22.3 Å². The normalized spacial score (nSPS) is 11.9. The number of benzene rings is 2. The molecule has 0 aliphatic heterocycles. The van der Waals surface area contributed by atoms with E-state index in [4.69, 9.17) is 0 Å². The molecule has 4 aromatic rings. The molecule has 0 amide bonds. The summed E-state index contributed by atoms with van der Waals surface area (Å²) in [6, 6.07) is 10.8. The van der Waals surface area contributed by atoms with Crippen molar-refractivity contribution in [2.24, 2.45) is 0 Å². The van der Waals surface area contributed by atoms with Crippen molar-refractivity contribution in [3.63, 3.8) is 0 Å². The molecule has 0 aliphatic carbocycles. The van der Waals surface area contributed by atoms with Crippen LogP contribution in [0.5, 0.6) is 0 Å². The van der Waals surface area contributed by atoms with Gasteiger partial charge in [0.1, 0.15) is 5.39 Å². The largest absolute Gasteiger partial charge is 0.416 e. The molecule has 4 rings (SSSR count). The van der Waals surface area contributed by atoms with E-state index in [0.717, 1.165) is 28.9 Å². The summed E-state index contributed by atoms with van der Waals surface area (Å²) in [6.07, 6.45) is -2.89. The Balaban J connectivity index is 1.64. The van der Waals surface area contributed by atoms with Crippen molar-refractivity contribution in [3.8, 4) is 5.69 Å². The number of rotatable bonds is 4. The molecular formula is C21H17F3N4OS. The van der Waals surface area contributed by atoms with Crippen molar-refractivity contribution in [1.82, 2.24) is 19.7 Å².